The van der Waals surface area contributed by atoms with E-state index in [4.69, 9.17) is 19.6 Å². The Balaban J connectivity index is 1.94. The summed E-state index contributed by atoms with van der Waals surface area (Å²) < 4.78 is 30.9. The highest BCUT2D eigenvalue weighted by molar-refractivity contribution is 6.06. The predicted octanol–water partition coefficient (Wildman–Crippen LogP) is 4.21. The molecule has 0 aromatic heterocycles. The van der Waals surface area contributed by atoms with Crippen LogP contribution in [-0.2, 0) is 12.0 Å². The van der Waals surface area contributed by atoms with Crippen molar-refractivity contribution in [1.82, 2.24) is 4.90 Å². The van der Waals surface area contributed by atoms with Crippen LogP contribution in [0.4, 0.5) is 10.1 Å². The molecule has 0 radical (unpaired) electrons. The molecular weight excluding hydrogens is 413 g/mol. The van der Waals surface area contributed by atoms with E-state index < -0.39 is 5.82 Å². The molecule has 0 atom stereocenters. The van der Waals surface area contributed by atoms with Crippen LogP contribution < -0.4 is 19.5 Å². The van der Waals surface area contributed by atoms with Gasteiger partial charge < -0.3 is 24.4 Å². The maximum absolute atomic E-state index is 15.0. The Morgan fingerprint density at radius 2 is 1.78 bits per heavy atom. The van der Waals surface area contributed by atoms with Crippen LogP contribution >= 0.6 is 0 Å². The number of nitrogens with one attached hydrogen (secondary N) is 2. The largest absolute Gasteiger partial charge is 0.494 e. The second kappa shape index (κ2) is 8.68. The number of hydrogen-bond donors (Lipinski definition) is 2. The van der Waals surface area contributed by atoms with Gasteiger partial charge in [0.1, 0.15) is 11.6 Å². The van der Waals surface area contributed by atoms with Crippen molar-refractivity contribution >= 4 is 17.3 Å². The molecule has 2 N–H and O–H groups in total. The number of Topliss-reactive ketones (excluding diaryl/α,β-unsaturated/α-hetero) is 1. The molecule has 7 nitrogen and oxygen atoms in total. The molecule has 0 unspecified atom stereocenters. The smallest absolute Gasteiger partial charge is 0.197 e. The standard InChI is InChI=1S/C24H30FN3O4/c1-24(2,3)15-8-13(9-16(27-4)21(15)31-6)17(29)12-28-11-14-10-18(30-5)22(32-7)20(25)19(14)23(28)26/h8-10,26-27H,11-12H2,1-7H3. The van der Waals surface area contributed by atoms with Gasteiger partial charge in [-0.3, -0.25) is 10.2 Å². The van der Waals surface area contributed by atoms with E-state index in [0.29, 0.717) is 22.6 Å². The van der Waals surface area contributed by atoms with Crippen molar-refractivity contribution in [3.05, 3.63) is 46.3 Å². The third-order valence-corrected chi connectivity index (χ3v) is 5.63. The van der Waals surface area contributed by atoms with Gasteiger partial charge in [-0.1, -0.05) is 20.8 Å². The van der Waals surface area contributed by atoms with Gasteiger partial charge in [-0.25, -0.2) is 4.39 Å². The number of ether oxygens (including phenoxy) is 3. The lowest BCUT2D eigenvalue weighted by Crippen LogP contribution is -2.30. The van der Waals surface area contributed by atoms with Crippen LogP contribution in [0.1, 0.15) is 47.8 Å². The summed E-state index contributed by atoms with van der Waals surface area (Å²) in [7, 11) is 6.16. The van der Waals surface area contributed by atoms with E-state index in [1.165, 1.54) is 14.2 Å². The quantitative estimate of drug-likeness (QED) is 0.624. The van der Waals surface area contributed by atoms with Gasteiger partial charge in [0.25, 0.3) is 0 Å². The van der Waals surface area contributed by atoms with Crippen LogP contribution in [0.15, 0.2) is 18.2 Å². The molecule has 0 saturated heterocycles. The van der Waals surface area contributed by atoms with Crippen LogP contribution in [0.5, 0.6) is 17.2 Å². The minimum Gasteiger partial charge on any atom is -0.494 e. The fraction of sp³-hybridized carbons (Fsp3) is 0.417. The normalized spacial score (nSPS) is 13.1. The zero-order chi connectivity index (χ0) is 23.8. The maximum atomic E-state index is 15.0. The van der Waals surface area contributed by atoms with E-state index >= 15 is 0 Å². The fourth-order valence-electron chi connectivity index (χ4n) is 3.98. The zero-order valence-electron chi connectivity index (χ0n) is 19.6. The summed E-state index contributed by atoms with van der Waals surface area (Å²) in [6.45, 7) is 6.33. The third kappa shape index (κ3) is 3.97. The minimum atomic E-state index is -0.654. The summed E-state index contributed by atoms with van der Waals surface area (Å²) in [5, 5.41) is 11.6. The highest BCUT2D eigenvalue weighted by atomic mass is 19.1. The fourth-order valence-corrected chi connectivity index (χ4v) is 3.98. The minimum absolute atomic E-state index is 0.0483. The van der Waals surface area contributed by atoms with E-state index in [0.717, 1.165) is 5.56 Å². The Morgan fingerprint density at radius 1 is 1.12 bits per heavy atom. The SMILES string of the molecule is CNc1cc(C(=O)CN2Cc3cc(OC)c(OC)c(F)c3C2=N)cc(C(C)(C)C)c1OC. The summed E-state index contributed by atoms with van der Waals surface area (Å²) in [6.07, 6.45) is 0. The van der Waals surface area contributed by atoms with Gasteiger partial charge in [0, 0.05) is 24.7 Å². The van der Waals surface area contributed by atoms with Gasteiger partial charge in [-0.15, -0.1) is 0 Å². The average Bonchev–Trinajstić information content (AvgIpc) is 3.06. The molecule has 172 valence electrons. The first-order chi connectivity index (χ1) is 15.1. The number of methoxy groups -OCH3 is 3. The third-order valence-electron chi connectivity index (χ3n) is 5.63. The van der Waals surface area contributed by atoms with Gasteiger partial charge in [0.15, 0.2) is 23.1 Å². The Hall–Kier alpha value is -3.29. The van der Waals surface area contributed by atoms with Crippen molar-refractivity contribution in [3.8, 4) is 17.2 Å². The number of nitrogens with zero attached hydrogens (tertiary/aromatic N) is 1. The van der Waals surface area contributed by atoms with Crippen molar-refractivity contribution in [1.29, 1.82) is 5.41 Å². The number of anilines is 1. The molecule has 1 aliphatic rings. The number of carbonyl (C=O) groups excluding carboxylic acids is 1. The molecular formula is C24H30FN3O4. The summed E-state index contributed by atoms with van der Waals surface area (Å²) in [6, 6.07) is 5.23. The van der Waals surface area contributed by atoms with Crippen molar-refractivity contribution in [3.63, 3.8) is 0 Å². The number of fused-ring (bicyclic) bond motifs is 1. The molecule has 32 heavy (non-hydrogen) atoms. The topological polar surface area (TPSA) is 83.9 Å². The second-order valence-electron chi connectivity index (χ2n) is 8.69. The summed E-state index contributed by atoms with van der Waals surface area (Å²) in [4.78, 5) is 14.8. The number of rotatable bonds is 7. The van der Waals surface area contributed by atoms with Crippen molar-refractivity contribution < 1.29 is 23.4 Å². The summed E-state index contributed by atoms with van der Waals surface area (Å²) in [5.41, 5.74) is 2.58. The summed E-state index contributed by atoms with van der Waals surface area (Å²) in [5.74, 6) is 0.0239. The molecule has 0 aliphatic carbocycles. The summed E-state index contributed by atoms with van der Waals surface area (Å²) >= 11 is 0. The van der Waals surface area contributed by atoms with Crippen molar-refractivity contribution in [2.45, 2.75) is 32.7 Å². The van der Waals surface area contributed by atoms with Crippen LogP contribution in [0.2, 0.25) is 0 Å². The van der Waals surface area contributed by atoms with Gasteiger partial charge in [-0.2, -0.15) is 0 Å². The number of carbonyl (C=O) groups is 1. The number of halogens is 1. The van der Waals surface area contributed by atoms with Gasteiger partial charge in [0.2, 0.25) is 0 Å². The van der Waals surface area contributed by atoms with E-state index in [-0.39, 0.29) is 47.2 Å². The maximum Gasteiger partial charge on any atom is 0.197 e. The molecule has 1 aliphatic heterocycles. The Morgan fingerprint density at radius 3 is 2.31 bits per heavy atom. The van der Waals surface area contributed by atoms with Crippen LogP contribution in [0.25, 0.3) is 0 Å². The molecule has 3 rings (SSSR count). The van der Waals surface area contributed by atoms with Crippen molar-refractivity contribution in [2.24, 2.45) is 0 Å². The Bertz CT molecular complexity index is 1080. The average molecular weight is 444 g/mol. The molecule has 2 aromatic carbocycles. The molecule has 0 saturated carbocycles. The Kier molecular flexibility index (Phi) is 6.34. The highest BCUT2D eigenvalue weighted by Gasteiger charge is 2.33. The molecule has 2 aromatic rings. The molecule has 1 heterocycles. The first kappa shape index (κ1) is 23.4. The van der Waals surface area contributed by atoms with Crippen LogP contribution in [0.3, 0.4) is 0 Å². The lowest BCUT2D eigenvalue weighted by molar-refractivity contribution is 0.0962. The van der Waals surface area contributed by atoms with E-state index in [1.807, 2.05) is 6.07 Å². The van der Waals surface area contributed by atoms with Gasteiger partial charge in [-0.05, 0) is 29.2 Å². The highest BCUT2D eigenvalue weighted by Crippen LogP contribution is 2.40. The molecule has 8 heteroatoms. The lowest BCUT2D eigenvalue weighted by atomic mass is 9.84. The monoisotopic (exact) mass is 443 g/mol. The second-order valence-corrected chi connectivity index (χ2v) is 8.69. The van der Waals surface area contributed by atoms with Crippen molar-refractivity contribution in [2.75, 3.05) is 40.2 Å². The van der Waals surface area contributed by atoms with Crippen LogP contribution in [-0.4, -0.2) is 51.4 Å². The molecule has 0 spiro atoms. The Labute approximate surface area is 188 Å². The molecule has 0 fully saturated rings. The first-order valence-corrected chi connectivity index (χ1v) is 10.3. The van der Waals surface area contributed by atoms with E-state index in [9.17, 15) is 9.18 Å². The lowest BCUT2D eigenvalue weighted by Gasteiger charge is -2.25. The first-order valence-electron chi connectivity index (χ1n) is 10.3. The van der Waals surface area contributed by atoms with Crippen LogP contribution in [0, 0.1) is 11.2 Å². The predicted molar refractivity (Wildman–Crippen MR) is 122 cm³/mol. The number of hydrogen-bond acceptors (Lipinski definition) is 6. The molecule has 0 bridgehead atoms. The van der Waals surface area contributed by atoms with Gasteiger partial charge in [0.05, 0.1) is 39.1 Å². The number of amidine groups is 1. The number of benzene rings is 2. The van der Waals surface area contributed by atoms with E-state index in [1.54, 1.807) is 31.2 Å². The molecule has 0 amide bonds. The zero-order valence-corrected chi connectivity index (χ0v) is 19.6. The van der Waals surface area contributed by atoms with Gasteiger partial charge >= 0.3 is 0 Å². The number of ketones is 1. The van der Waals surface area contributed by atoms with E-state index in [2.05, 4.69) is 26.1 Å².